The van der Waals surface area contributed by atoms with Crippen molar-refractivity contribution in [1.29, 1.82) is 0 Å². The number of aromatic nitrogens is 2. The molecule has 1 aliphatic rings. The van der Waals surface area contributed by atoms with Crippen molar-refractivity contribution in [2.75, 3.05) is 13.1 Å². The first-order valence-electron chi connectivity index (χ1n) is 7.17. The Morgan fingerprint density at radius 3 is 2.68 bits per heavy atom. The van der Waals surface area contributed by atoms with Crippen molar-refractivity contribution in [3.63, 3.8) is 0 Å². The zero-order valence-electron chi connectivity index (χ0n) is 11.8. The number of nitrogens with zero attached hydrogens (tertiary/aromatic N) is 3. The predicted molar refractivity (Wildman–Crippen MR) is 74.5 cm³/mol. The molecule has 1 aromatic heterocycles. The highest BCUT2D eigenvalue weighted by Crippen LogP contribution is 2.22. The van der Waals surface area contributed by atoms with Crippen LogP contribution in [0.25, 0.3) is 0 Å². The van der Waals surface area contributed by atoms with Crippen molar-refractivity contribution in [2.45, 2.75) is 45.2 Å². The fourth-order valence-corrected chi connectivity index (χ4v) is 2.56. The lowest BCUT2D eigenvalue weighted by atomic mass is 9.97. The molecule has 0 bridgehead atoms. The van der Waals surface area contributed by atoms with Crippen LogP contribution in [0.4, 0.5) is 0 Å². The number of carbonyl (C=O) groups excluding carboxylic acids is 1. The maximum absolute atomic E-state index is 12.3. The molecule has 5 nitrogen and oxygen atoms in total. The topological polar surface area (TPSA) is 64.2 Å². The lowest BCUT2D eigenvalue weighted by Crippen LogP contribution is -2.49. The van der Waals surface area contributed by atoms with Gasteiger partial charge in [-0.05, 0) is 24.8 Å². The van der Waals surface area contributed by atoms with Gasteiger partial charge in [0, 0.05) is 25.5 Å². The first kappa shape index (κ1) is 14.1. The SMILES string of the molecule is CCC(C)[C@H](N)C(=O)N1CCC(n2cccn2)CC1. The smallest absolute Gasteiger partial charge is 0.239 e. The van der Waals surface area contributed by atoms with Crippen molar-refractivity contribution >= 4 is 5.91 Å². The monoisotopic (exact) mass is 264 g/mol. The first-order valence-corrected chi connectivity index (χ1v) is 7.17. The quantitative estimate of drug-likeness (QED) is 0.894. The zero-order valence-corrected chi connectivity index (χ0v) is 11.8. The van der Waals surface area contributed by atoms with E-state index >= 15 is 0 Å². The number of likely N-dealkylation sites (tertiary alicyclic amines) is 1. The highest BCUT2D eigenvalue weighted by Gasteiger charge is 2.29. The lowest BCUT2D eigenvalue weighted by molar-refractivity contribution is -0.135. The molecule has 1 amide bonds. The highest BCUT2D eigenvalue weighted by molar-refractivity contribution is 5.82. The Hall–Kier alpha value is -1.36. The summed E-state index contributed by atoms with van der Waals surface area (Å²) in [6.45, 7) is 5.68. The van der Waals surface area contributed by atoms with Gasteiger partial charge in [0.1, 0.15) is 0 Å². The van der Waals surface area contributed by atoms with Crippen molar-refractivity contribution in [3.8, 4) is 0 Å². The Morgan fingerprint density at radius 1 is 1.47 bits per heavy atom. The molecule has 2 heterocycles. The van der Waals surface area contributed by atoms with E-state index in [0.717, 1.165) is 32.4 Å². The Balaban J connectivity index is 1.87. The minimum absolute atomic E-state index is 0.105. The average Bonchev–Trinajstić information content (AvgIpc) is 2.99. The summed E-state index contributed by atoms with van der Waals surface area (Å²) in [6.07, 6.45) is 6.65. The van der Waals surface area contributed by atoms with Crippen molar-refractivity contribution < 1.29 is 4.79 Å². The second-order valence-corrected chi connectivity index (χ2v) is 5.45. The normalized spacial score (nSPS) is 20.3. The van der Waals surface area contributed by atoms with E-state index in [1.165, 1.54) is 0 Å². The van der Waals surface area contributed by atoms with E-state index in [1.54, 1.807) is 6.20 Å². The van der Waals surface area contributed by atoms with E-state index in [4.69, 9.17) is 5.73 Å². The second-order valence-electron chi connectivity index (χ2n) is 5.45. The van der Waals surface area contributed by atoms with E-state index in [0.29, 0.717) is 6.04 Å². The average molecular weight is 264 g/mol. The number of amides is 1. The van der Waals surface area contributed by atoms with Crippen LogP contribution >= 0.6 is 0 Å². The first-order chi connectivity index (χ1) is 9.13. The highest BCUT2D eigenvalue weighted by atomic mass is 16.2. The van der Waals surface area contributed by atoms with Gasteiger partial charge in [0.2, 0.25) is 5.91 Å². The molecule has 1 unspecified atom stereocenters. The van der Waals surface area contributed by atoms with Gasteiger partial charge < -0.3 is 10.6 Å². The van der Waals surface area contributed by atoms with Gasteiger partial charge in [-0.3, -0.25) is 9.48 Å². The molecule has 5 heteroatoms. The van der Waals surface area contributed by atoms with Crippen molar-refractivity contribution in [2.24, 2.45) is 11.7 Å². The van der Waals surface area contributed by atoms with Crippen LogP contribution in [0.5, 0.6) is 0 Å². The zero-order chi connectivity index (χ0) is 13.8. The summed E-state index contributed by atoms with van der Waals surface area (Å²) in [6, 6.07) is 2.00. The molecular weight excluding hydrogens is 240 g/mol. The van der Waals surface area contributed by atoms with Gasteiger partial charge in [0.15, 0.2) is 0 Å². The number of rotatable bonds is 4. The van der Waals surface area contributed by atoms with Gasteiger partial charge in [0.05, 0.1) is 12.1 Å². The van der Waals surface area contributed by atoms with Crippen LogP contribution in [0, 0.1) is 5.92 Å². The molecule has 1 saturated heterocycles. The van der Waals surface area contributed by atoms with E-state index in [9.17, 15) is 4.79 Å². The minimum Gasteiger partial charge on any atom is -0.341 e. The maximum Gasteiger partial charge on any atom is 0.239 e. The fraction of sp³-hybridized carbons (Fsp3) is 0.714. The van der Waals surface area contributed by atoms with E-state index in [-0.39, 0.29) is 17.9 Å². The summed E-state index contributed by atoms with van der Waals surface area (Å²) in [5, 5.41) is 4.27. The van der Waals surface area contributed by atoms with Crippen LogP contribution in [0.15, 0.2) is 18.5 Å². The Morgan fingerprint density at radius 2 is 2.16 bits per heavy atom. The molecule has 2 N–H and O–H groups in total. The summed E-state index contributed by atoms with van der Waals surface area (Å²) in [5.41, 5.74) is 6.02. The molecule has 0 aliphatic carbocycles. The molecule has 1 aliphatic heterocycles. The van der Waals surface area contributed by atoms with E-state index in [1.807, 2.05) is 28.8 Å². The standard InChI is InChI=1S/C14H24N4O/c1-3-11(2)13(15)14(19)17-9-5-12(6-10-17)18-8-4-7-16-18/h4,7-8,11-13H,3,5-6,9-10,15H2,1-2H3/t11?,13-/m0/s1. The van der Waals surface area contributed by atoms with Gasteiger partial charge in [-0.1, -0.05) is 20.3 Å². The summed E-state index contributed by atoms with van der Waals surface area (Å²) in [5.74, 6) is 0.351. The Labute approximate surface area is 114 Å². The molecule has 0 radical (unpaired) electrons. The third-order valence-electron chi connectivity index (χ3n) is 4.22. The summed E-state index contributed by atoms with van der Waals surface area (Å²) < 4.78 is 2.00. The molecule has 0 saturated carbocycles. The Bertz CT molecular complexity index is 396. The van der Waals surface area contributed by atoms with Gasteiger partial charge >= 0.3 is 0 Å². The largest absolute Gasteiger partial charge is 0.341 e. The number of carbonyl (C=O) groups is 1. The van der Waals surface area contributed by atoms with Crippen molar-refractivity contribution in [1.82, 2.24) is 14.7 Å². The molecule has 0 aromatic carbocycles. The maximum atomic E-state index is 12.3. The van der Waals surface area contributed by atoms with Crippen LogP contribution in [0.2, 0.25) is 0 Å². The van der Waals surface area contributed by atoms with Gasteiger partial charge in [-0.2, -0.15) is 5.10 Å². The molecule has 1 aromatic rings. The fourth-order valence-electron chi connectivity index (χ4n) is 2.56. The summed E-state index contributed by atoms with van der Waals surface area (Å²) >= 11 is 0. The van der Waals surface area contributed by atoms with Crippen LogP contribution in [-0.2, 0) is 4.79 Å². The molecule has 2 atom stereocenters. The van der Waals surface area contributed by atoms with Crippen LogP contribution < -0.4 is 5.73 Å². The molecular formula is C14H24N4O. The van der Waals surface area contributed by atoms with E-state index < -0.39 is 0 Å². The molecule has 2 rings (SSSR count). The molecule has 19 heavy (non-hydrogen) atoms. The van der Waals surface area contributed by atoms with Crippen LogP contribution in [-0.4, -0.2) is 39.7 Å². The molecule has 106 valence electrons. The van der Waals surface area contributed by atoms with Crippen LogP contribution in [0.1, 0.15) is 39.2 Å². The van der Waals surface area contributed by atoms with Crippen LogP contribution in [0.3, 0.4) is 0 Å². The van der Waals surface area contributed by atoms with E-state index in [2.05, 4.69) is 12.0 Å². The van der Waals surface area contributed by atoms with Gasteiger partial charge in [-0.15, -0.1) is 0 Å². The number of hydrogen-bond acceptors (Lipinski definition) is 3. The summed E-state index contributed by atoms with van der Waals surface area (Å²) in [4.78, 5) is 14.2. The summed E-state index contributed by atoms with van der Waals surface area (Å²) in [7, 11) is 0. The third-order valence-corrected chi connectivity index (χ3v) is 4.22. The number of nitrogens with two attached hydrogens (primary N) is 1. The predicted octanol–water partition coefficient (Wildman–Crippen LogP) is 1.42. The third kappa shape index (κ3) is 3.15. The Kier molecular flexibility index (Phi) is 4.58. The van der Waals surface area contributed by atoms with Gasteiger partial charge in [0.25, 0.3) is 0 Å². The van der Waals surface area contributed by atoms with Gasteiger partial charge in [-0.25, -0.2) is 0 Å². The minimum atomic E-state index is -0.355. The molecule has 1 fully saturated rings. The number of hydrogen-bond donors (Lipinski definition) is 1. The second kappa shape index (κ2) is 6.19. The lowest BCUT2D eigenvalue weighted by Gasteiger charge is -2.34. The van der Waals surface area contributed by atoms with Crippen molar-refractivity contribution in [3.05, 3.63) is 18.5 Å². The number of piperidine rings is 1. The molecule has 0 spiro atoms.